The van der Waals surface area contributed by atoms with Crippen LogP contribution >= 0.6 is 11.3 Å². The standard InChI is InChI=1S/C13H19N3O3S/c1-9(2)8-19-13(18)16-6-3-4-10(16)11(17)15-12-14-5-7-20-12/h5,7,9-10H,3-4,6,8H2,1-2H3,(H,14,15,17)/t10-/m0/s1. The summed E-state index contributed by atoms with van der Waals surface area (Å²) in [4.78, 5) is 29.7. The predicted molar refractivity (Wildman–Crippen MR) is 76.7 cm³/mol. The first-order valence-electron chi connectivity index (χ1n) is 6.71. The van der Waals surface area contributed by atoms with Crippen molar-refractivity contribution in [3.05, 3.63) is 11.6 Å². The van der Waals surface area contributed by atoms with E-state index >= 15 is 0 Å². The molecule has 1 aliphatic rings. The fourth-order valence-corrected chi connectivity index (χ4v) is 2.58. The van der Waals surface area contributed by atoms with Crippen LogP contribution in [0.5, 0.6) is 0 Å². The van der Waals surface area contributed by atoms with Gasteiger partial charge in [0.2, 0.25) is 5.91 Å². The average Bonchev–Trinajstić information content (AvgIpc) is 3.05. The fraction of sp³-hybridized carbons (Fsp3) is 0.615. The van der Waals surface area contributed by atoms with Crippen LogP contribution in [-0.4, -0.2) is 41.1 Å². The lowest BCUT2D eigenvalue weighted by atomic mass is 10.2. The predicted octanol–water partition coefficient (Wildman–Crippen LogP) is 2.34. The number of rotatable bonds is 4. The van der Waals surface area contributed by atoms with E-state index < -0.39 is 12.1 Å². The van der Waals surface area contributed by atoms with Crippen molar-refractivity contribution in [1.82, 2.24) is 9.88 Å². The molecule has 0 unspecified atom stereocenters. The summed E-state index contributed by atoms with van der Waals surface area (Å²) in [6.45, 7) is 4.89. The van der Waals surface area contributed by atoms with Gasteiger partial charge in [0.05, 0.1) is 6.61 Å². The zero-order valence-corrected chi connectivity index (χ0v) is 12.5. The van der Waals surface area contributed by atoms with Gasteiger partial charge < -0.3 is 10.1 Å². The largest absolute Gasteiger partial charge is 0.449 e. The molecule has 20 heavy (non-hydrogen) atoms. The van der Waals surface area contributed by atoms with E-state index in [1.165, 1.54) is 16.2 Å². The van der Waals surface area contributed by atoms with Crippen LogP contribution in [-0.2, 0) is 9.53 Å². The highest BCUT2D eigenvalue weighted by Gasteiger charge is 2.35. The van der Waals surface area contributed by atoms with Gasteiger partial charge in [0.25, 0.3) is 0 Å². The van der Waals surface area contributed by atoms with E-state index in [1.54, 1.807) is 11.6 Å². The van der Waals surface area contributed by atoms with Crippen LogP contribution in [0.2, 0.25) is 0 Å². The first-order chi connectivity index (χ1) is 9.58. The van der Waals surface area contributed by atoms with E-state index in [1.807, 2.05) is 13.8 Å². The van der Waals surface area contributed by atoms with E-state index in [0.717, 1.165) is 6.42 Å². The van der Waals surface area contributed by atoms with Crippen molar-refractivity contribution in [2.45, 2.75) is 32.7 Å². The van der Waals surface area contributed by atoms with E-state index in [4.69, 9.17) is 4.74 Å². The molecule has 110 valence electrons. The van der Waals surface area contributed by atoms with Gasteiger partial charge >= 0.3 is 6.09 Å². The van der Waals surface area contributed by atoms with Crippen molar-refractivity contribution >= 4 is 28.5 Å². The number of hydrogen-bond donors (Lipinski definition) is 1. The van der Waals surface area contributed by atoms with E-state index in [2.05, 4.69) is 10.3 Å². The summed E-state index contributed by atoms with van der Waals surface area (Å²) >= 11 is 1.36. The van der Waals surface area contributed by atoms with Crippen molar-refractivity contribution < 1.29 is 14.3 Å². The second kappa shape index (κ2) is 6.69. The minimum absolute atomic E-state index is 0.195. The Balaban J connectivity index is 1.92. The van der Waals surface area contributed by atoms with Crippen LogP contribution in [0.1, 0.15) is 26.7 Å². The van der Waals surface area contributed by atoms with Gasteiger partial charge in [0, 0.05) is 18.1 Å². The molecule has 0 radical (unpaired) electrons. The number of hydrogen-bond acceptors (Lipinski definition) is 5. The minimum atomic E-state index is -0.460. The molecule has 2 heterocycles. The van der Waals surface area contributed by atoms with Crippen LogP contribution in [0.4, 0.5) is 9.93 Å². The second-order valence-corrected chi connectivity index (χ2v) is 6.04. The second-order valence-electron chi connectivity index (χ2n) is 5.15. The van der Waals surface area contributed by atoms with E-state index in [0.29, 0.717) is 24.7 Å². The maximum absolute atomic E-state index is 12.2. The third kappa shape index (κ3) is 3.69. The Bertz CT molecular complexity index is 461. The number of nitrogens with zero attached hydrogens (tertiary/aromatic N) is 2. The Morgan fingerprint density at radius 3 is 3.05 bits per heavy atom. The number of amides is 2. The summed E-state index contributed by atoms with van der Waals surface area (Å²) in [5, 5.41) is 5.08. The normalized spacial score (nSPS) is 18.4. The molecular formula is C13H19N3O3S. The number of thiazole rings is 1. The topological polar surface area (TPSA) is 71.5 Å². The number of nitrogens with one attached hydrogen (secondary N) is 1. The molecule has 1 aromatic heterocycles. The lowest BCUT2D eigenvalue weighted by Gasteiger charge is -2.23. The summed E-state index contributed by atoms with van der Waals surface area (Å²) in [7, 11) is 0. The summed E-state index contributed by atoms with van der Waals surface area (Å²) < 4.78 is 5.20. The lowest BCUT2D eigenvalue weighted by molar-refractivity contribution is -0.120. The van der Waals surface area contributed by atoms with Gasteiger partial charge in [-0.1, -0.05) is 13.8 Å². The molecule has 7 heteroatoms. The molecule has 1 atom stereocenters. The number of anilines is 1. The quantitative estimate of drug-likeness (QED) is 0.926. The Hall–Kier alpha value is -1.63. The molecule has 1 fully saturated rings. The monoisotopic (exact) mass is 297 g/mol. The highest BCUT2D eigenvalue weighted by Crippen LogP contribution is 2.21. The molecule has 0 spiro atoms. The van der Waals surface area contributed by atoms with Crippen LogP contribution in [0, 0.1) is 5.92 Å². The lowest BCUT2D eigenvalue weighted by Crippen LogP contribution is -2.43. The fourth-order valence-electron chi connectivity index (χ4n) is 2.05. The zero-order valence-electron chi connectivity index (χ0n) is 11.7. The van der Waals surface area contributed by atoms with Crippen molar-refractivity contribution in [2.75, 3.05) is 18.5 Å². The van der Waals surface area contributed by atoms with E-state index in [9.17, 15) is 9.59 Å². The summed E-state index contributed by atoms with van der Waals surface area (Å²) in [6, 6.07) is -0.460. The molecule has 0 bridgehead atoms. The Morgan fingerprint density at radius 1 is 1.60 bits per heavy atom. The molecule has 2 amide bonds. The molecule has 1 N–H and O–H groups in total. The highest BCUT2D eigenvalue weighted by atomic mass is 32.1. The van der Waals surface area contributed by atoms with Gasteiger partial charge in [0.1, 0.15) is 6.04 Å². The van der Waals surface area contributed by atoms with Crippen molar-refractivity contribution in [3.63, 3.8) is 0 Å². The SMILES string of the molecule is CC(C)COC(=O)N1CCC[C@H]1C(=O)Nc1nccs1. The number of likely N-dealkylation sites (tertiary alicyclic amines) is 1. The Labute approximate surface area is 122 Å². The van der Waals surface area contributed by atoms with Gasteiger partial charge in [-0.15, -0.1) is 11.3 Å². The summed E-state index contributed by atoms with van der Waals surface area (Å²) in [5.74, 6) is 0.0862. The smallest absolute Gasteiger partial charge is 0.410 e. The maximum Gasteiger partial charge on any atom is 0.410 e. The van der Waals surface area contributed by atoms with Crippen molar-refractivity contribution in [2.24, 2.45) is 5.92 Å². The van der Waals surface area contributed by atoms with Gasteiger partial charge in [-0.2, -0.15) is 0 Å². The number of aromatic nitrogens is 1. The van der Waals surface area contributed by atoms with Crippen molar-refractivity contribution in [3.8, 4) is 0 Å². The summed E-state index contributed by atoms with van der Waals surface area (Å²) in [5.41, 5.74) is 0. The third-order valence-electron chi connectivity index (χ3n) is 2.99. The summed E-state index contributed by atoms with van der Waals surface area (Å²) in [6.07, 6.45) is 2.69. The van der Waals surface area contributed by atoms with Crippen molar-refractivity contribution in [1.29, 1.82) is 0 Å². The van der Waals surface area contributed by atoms with Crippen LogP contribution in [0.15, 0.2) is 11.6 Å². The molecule has 1 saturated heterocycles. The number of ether oxygens (including phenoxy) is 1. The number of carbonyl (C=O) groups excluding carboxylic acids is 2. The Morgan fingerprint density at radius 2 is 2.40 bits per heavy atom. The Kier molecular flexibility index (Phi) is 4.94. The highest BCUT2D eigenvalue weighted by molar-refractivity contribution is 7.13. The van der Waals surface area contributed by atoms with Gasteiger partial charge in [-0.25, -0.2) is 9.78 Å². The molecule has 2 rings (SSSR count). The van der Waals surface area contributed by atoms with Crippen LogP contribution in [0.25, 0.3) is 0 Å². The number of carbonyl (C=O) groups is 2. The average molecular weight is 297 g/mol. The minimum Gasteiger partial charge on any atom is -0.449 e. The molecule has 1 aromatic rings. The van der Waals surface area contributed by atoms with Crippen LogP contribution in [0.3, 0.4) is 0 Å². The molecular weight excluding hydrogens is 278 g/mol. The molecule has 0 aliphatic carbocycles. The maximum atomic E-state index is 12.2. The molecule has 6 nitrogen and oxygen atoms in total. The third-order valence-corrected chi connectivity index (χ3v) is 3.68. The zero-order chi connectivity index (χ0) is 14.5. The first kappa shape index (κ1) is 14.8. The van der Waals surface area contributed by atoms with Gasteiger partial charge in [-0.05, 0) is 18.8 Å². The first-order valence-corrected chi connectivity index (χ1v) is 7.59. The van der Waals surface area contributed by atoms with E-state index in [-0.39, 0.29) is 11.8 Å². The molecule has 0 aromatic carbocycles. The van der Waals surface area contributed by atoms with Gasteiger partial charge in [0.15, 0.2) is 5.13 Å². The molecule has 1 aliphatic heterocycles. The van der Waals surface area contributed by atoms with Gasteiger partial charge in [-0.3, -0.25) is 9.69 Å². The van der Waals surface area contributed by atoms with Crippen LogP contribution < -0.4 is 5.32 Å². The molecule has 0 saturated carbocycles.